The smallest absolute Gasteiger partial charge is 0.0789 e. The van der Waals surface area contributed by atoms with Gasteiger partial charge < -0.3 is 4.48 Å². The summed E-state index contributed by atoms with van der Waals surface area (Å²) in [5, 5.41) is 0.846. The molecule has 0 unspecified atom stereocenters. The fourth-order valence-corrected chi connectivity index (χ4v) is 3.87. The van der Waals surface area contributed by atoms with Crippen molar-refractivity contribution in [3.8, 4) is 0 Å². The van der Waals surface area contributed by atoms with Crippen LogP contribution in [0.3, 0.4) is 0 Å². The SMILES string of the molecule is Clc1ccc(CCC[N+]23CCC(CC2)CC3)cc1. The van der Waals surface area contributed by atoms with Gasteiger partial charge in [0.1, 0.15) is 0 Å². The summed E-state index contributed by atoms with van der Waals surface area (Å²) in [6.45, 7) is 5.73. The molecule has 0 atom stereocenters. The van der Waals surface area contributed by atoms with Crippen molar-refractivity contribution in [2.75, 3.05) is 26.2 Å². The number of hydrogen-bond acceptors (Lipinski definition) is 0. The van der Waals surface area contributed by atoms with E-state index in [9.17, 15) is 0 Å². The Labute approximate surface area is 115 Å². The summed E-state index contributed by atoms with van der Waals surface area (Å²) >= 11 is 5.91. The lowest BCUT2D eigenvalue weighted by atomic mass is 9.85. The number of aryl methyl sites for hydroxylation is 1. The number of hydrogen-bond donors (Lipinski definition) is 0. The zero-order valence-corrected chi connectivity index (χ0v) is 11.8. The van der Waals surface area contributed by atoms with Crippen molar-refractivity contribution >= 4 is 11.6 Å². The molecule has 98 valence electrons. The minimum Gasteiger partial charge on any atom is -0.324 e. The second-order valence-electron chi connectivity index (χ2n) is 6.20. The summed E-state index contributed by atoms with van der Waals surface area (Å²) in [7, 11) is 0. The Hall–Kier alpha value is -0.530. The molecule has 0 aliphatic carbocycles. The van der Waals surface area contributed by atoms with Crippen LogP contribution in [-0.2, 0) is 6.42 Å². The number of fused-ring (bicyclic) bond motifs is 3. The van der Waals surface area contributed by atoms with Crippen molar-refractivity contribution < 1.29 is 4.48 Å². The number of halogens is 1. The van der Waals surface area contributed by atoms with Gasteiger partial charge >= 0.3 is 0 Å². The largest absolute Gasteiger partial charge is 0.324 e. The predicted molar refractivity (Wildman–Crippen MR) is 76.8 cm³/mol. The quantitative estimate of drug-likeness (QED) is 0.724. The third-order valence-corrected chi connectivity index (χ3v) is 5.30. The van der Waals surface area contributed by atoms with Crippen LogP contribution in [0, 0.1) is 5.92 Å². The van der Waals surface area contributed by atoms with Crippen LogP contribution in [0.25, 0.3) is 0 Å². The molecule has 0 N–H and O–H groups in total. The van der Waals surface area contributed by atoms with Gasteiger partial charge in [0.2, 0.25) is 0 Å². The lowest BCUT2D eigenvalue weighted by Crippen LogP contribution is -2.58. The molecule has 4 rings (SSSR count). The average molecular weight is 265 g/mol. The second kappa shape index (κ2) is 5.22. The fourth-order valence-electron chi connectivity index (χ4n) is 3.74. The lowest BCUT2D eigenvalue weighted by Gasteiger charge is -2.49. The summed E-state index contributed by atoms with van der Waals surface area (Å²) < 4.78 is 1.42. The van der Waals surface area contributed by atoms with Crippen LogP contribution in [0.1, 0.15) is 31.2 Å². The molecule has 2 bridgehead atoms. The Bertz CT molecular complexity index is 376. The molecule has 1 nitrogen and oxygen atoms in total. The van der Waals surface area contributed by atoms with Gasteiger partial charge in [-0.1, -0.05) is 23.7 Å². The third-order valence-electron chi connectivity index (χ3n) is 5.05. The van der Waals surface area contributed by atoms with E-state index in [4.69, 9.17) is 11.6 Å². The van der Waals surface area contributed by atoms with E-state index in [2.05, 4.69) is 12.1 Å². The molecule has 0 radical (unpaired) electrons. The Balaban J connectivity index is 1.50. The van der Waals surface area contributed by atoms with E-state index in [1.807, 2.05) is 12.1 Å². The van der Waals surface area contributed by atoms with E-state index >= 15 is 0 Å². The first-order chi connectivity index (χ1) is 8.76. The molecule has 0 saturated carbocycles. The zero-order valence-electron chi connectivity index (χ0n) is 11.1. The molecule has 3 aliphatic heterocycles. The molecular formula is C16H23ClN+. The topological polar surface area (TPSA) is 0 Å². The molecule has 0 amide bonds. The summed E-state index contributed by atoms with van der Waals surface area (Å²) in [6, 6.07) is 8.36. The number of nitrogens with zero attached hydrogens (tertiary/aromatic N) is 1. The monoisotopic (exact) mass is 264 g/mol. The molecule has 1 aromatic carbocycles. The van der Waals surface area contributed by atoms with E-state index in [0.29, 0.717) is 0 Å². The molecule has 3 saturated heterocycles. The van der Waals surface area contributed by atoms with Crippen LogP contribution in [0.5, 0.6) is 0 Å². The van der Waals surface area contributed by atoms with Crippen molar-refractivity contribution in [1.29, 1.82) is 0 Å². The molecule has 0 aromatic heterocycles. The van der Waals surface area contributed by atoms with E-state index in [1.165, 1.54) is 68.3 Å². The number of benzene rings is 1. The maximum atomic E-state index is 5.91. The Morgan fingerprint density at radius 2 is 1.61 bits per heavy atom. The summed E-state index contributed by atoms with van der Waals surface area (Å²) in [5.41, 5.74) is 1.43. The maximum Gasteiger partial charge on any atom is 0.0789 e. The van der Waals surface area contributed by atoms with E-state index in [-0.39, 0.29) is 0 Å². The lowest BCUT2D eigenvalue weighted by molar-refractivity contribution is -0.942. The summed E-state index contributed by atoms with van der Waals surface area (Å²) in [4.78, 5) is 0. The van der Waals surface area contributed by atoms with Gasteiger partial charge in [-0.3, -0.25) is 0 Å². The average Bonchev–Trinajstić information content (AvgIpc) is 2.43. The van der Waals surface area contributed by atoms with Crippen molar-refractivity contribution in [1.82, 2.24) is 0 Å². The summed E-state index contributed by atoms with van der Waals surface area (Å²) in [5.74, 6) is 1.07. The van der Waals surface area contributed by atoms with Gasteiger partial charge in [-0.25, -0.2) is 0 Å². The third kappa shape index (κ3) is 2.73. The highest BCUT2D eigenvalue weighted by atomic mass is 35.5. The molecule has 18 heavy (non-hydrogen) atoms. The Morgan fingerprint density at radius 3 is 2.22 bits per heavy atom. The van der Waals surface area contributed by atoms with Crippen LogP contribution in [-0.4, -0.2) is 30.7 Å². The normalized spacial score (nSPS) is 30.6. The Kier molecular flexibility index (Phi) is 3.63. The highest BCUT2D eigenvalue weighted by molar-refractivity contribution is 6.30. The van der Waals surface area contributed by atoms with Crippen molar-refractivity contribution in [2.24, 2.45) is 5.92 Å². The van der Waals surface area contributed by atoms with Crippen LogP contribution in [0.15, 0.2) is 24.3 Å². The van der Waals surface area contributed by atoms with Gasteiger partial charge in [0.15, 0.2) is 0 Å². The van der Waals surface area contributed by atoms with Crippen molar-refractivity contribution in [2.45, 2.75) is 32.1 Å². The fraction of sp³-hybridized carbons (Fsp3) is 0.625. The van der Waals surface area contributed by atoms with Crippen LogP contribution < -0.4 is 0 Å². The number of piperidine rings is 3. The van der Waals surface area contributed by atoms with Gasteiger partial charge in [-0.05, 0) is 49.3 Å². The maximum absolute atomic E-state index is 5.91. The minimum absolute atomic E-state index is 0.846. The van der Waals surface area contributed by atoms with Crippen LogP contribution in [0.2, 0.25) is 5.02 Å². The van der Waals surface area contributed by atoms with Crippen LogP contribution >= 0.6 is 11.6 Å². The zero-order chi connectivity index (χ0) is 12.4. The standard InChI is InChI=1S/C16H23ClN/c17-16-5-3-14(4-6-16)2-1-10-18-11-7-15(8-12-18)9-13-18/h3-6,15H,1-2,7-13H2/q+1. The predicted octanol–water partition coefficient (Wildman–Crippen LogP) is 3.90. The van der Waals surface area contributed by atoms with Gasteiger partial charge in [0.05, 0.1) is 26.2 Å². The molecule has 3 aliphatic rings. The first kappa shape index (κ1) is 12.5. The molecule has 2 heteroatoms. The van der Waals surface area contributed by atoms with Crippen molar-refractivity contribution in [3.63, 3.8) is 0 Å². The van der Waals surface area contributed by atoms with Gasteiger partial charge in [-0.2, -0.15) is 0 Å². The molecule has 3 heterocycles. The van der Waals surface area contributed by atoms with E-state index in [0.717, 1.165) is 10.9 Å². The van der Waals surface area contributed by atoms with Gasteiger partial charge in [-0.15, -0.1) is 0 Å². The number of quaternary nitrogens is 1. The molecular weight excluding hydrogens is 242 g/mol. The van der Waals surface area contributed by atoms with Crippen molar-refractivity contribution in [3.05, 3.63) is 34.9 Å². The highest BCUT2D eigenvalue weighted by Crippen LogP contribution is 2.33. The van der Waals surface area contributed by atoms with E-state index < -0.39 is 0 Å². The van der Waals surface area contributed by atoms with Crippen LogP contribution in [0.4, 0.5) is 0 Å². The Morgan fingerprint density at radius 1 is 1.00 bits per heavy atom. The minimum atomic E-state index is 0.846. The first-order valence-corrected chi connectivity index (χ1v) is 7.73. The summed E-state index contributed by atoms with van der Waals surface area (Å²) in [6.07, 6.45) is 7.00. The molecule has 0 spiro atoms. The molecule has 3 fully saturated rings. The number of rotatable bonds is 4. The molecule has 1 aromatic rings. The van der Waals surface area contributed by atoms with Gasteiger partial charge in [0.25, 0.3) is 0 Å². The second-order valence-corrected chi connectivity index (χ2v) is 6.63. The first-order valence-electron chi connectivity index (χ1n) is 7.35. The van der Waals surface area contributed by atoms with Gasteiger partial charge in [0, 0.05) is 11.4 Å². The van der Waals surface area contributed by atoms with E-state index in [1.54, 1.807) is 0 Å². The highest BCUT2D eigenvalue weighted by Gasteiger charge is 2.38.